The number of Topliss-reactive ketones (excluding diaryl/α,β-unsaturated/α-hetero) is 1. The highest BCUT2D eigenvalue weighted by Crippen LogP contribution is 2.43. The molecule has 1 aliphatic rings. The largest absolute Gasteiger partial charge is 0.491 e. The monoisotopic (exact) mass is 598 g/mol. The van der Waals surface area contributed by atoms with Crippen LogP contribution in [0.5, 0.6) is 5.75 Å². The average Bonchev–Trinajstić information content (AvgIpc) is 3.16. The number of carbonyl (C=O) groups excluding carboxylic acids is 1. The summed E-state index contributed by atoms with van der Waals surface area (Å²) in [6.45, 7) is 21.3. The maximum absolute atomic E-state index is 13.2. The molecule has 0 aliphatic heterocycles. The SMILES string of the molecule is C=CC[C@H]1C(=O)C[C@@H](O[Si](C)(C)C(C)(C)C)[C@@H]1C=C[C@H](COc1cccc(C(F)(F)F)c1)O[Si](CC)(CC)CC. The lowest BCUT2D eigenvalue weighted by atomic mass is 9.90. The molecular weight excluding hydrogens is 550 g/mol. The number of rotatable bonds is 14. The maximum atomic E-state index is 13.2. The molecule has 0 amide bonds. The van der Waals surface area contributed by atoms with Gasteiger partial charge in [-0.1, -0.05) is 65.8 Å². The molecule has 0 aromatic heterocycles. The molecule has 1 fully saturated rings. The van der Waals surface area contributed by atoms with Crippen molar-refractivity contribution in [2.45, 2.75) is 109 Å². The summed E-state index contributed by atoms with van der Waals surface area (Å²) >= 11 is 0. The summed E-state index contributed by atoms with van der Waals surface area (Å²) in [5.74, 6) is -0.0389. The van der Waals surface area contributed by atoms with E-state index in [0.29, 0.717) is 12.8 Å². The topological polar surface area (TPSA) is 44.8 Å². The summed E-state index contributed by atoms with van der Waals surface area (Å²) in [5, 5.41) is -0.000145. The van der Waals surface area contributed by atoms with Gasteiger partial charge in [-0.05, 0) is 60.9 Å². The molecule has 1 aliphatic carbocycles. The van der Waals surface area contributed by atoms with Gasteiger partial charge in [-0.3, -0.25) is 4.79 Å². The van der Waals surface area contributed by atoms with Crippen LogP contribution >= 0.6 is 0 Å². The molecule has 0 N–H and O–H groups in total. The molecule has 40 heavy (non-hydrogen) atoms. The van der Waals surface area contributed by atoms with Crippen molar-refractivity contribution in [1.82, 2.24) is 0 Å². The Labute approximate surface area is 241 Å². The fraction of sp³-hybridized carbons (Fsp3) is 0.645. The number of alkyl halides is 3. The Hall–Kier alpha value is -1.69. The molecule has 0 saturated heterocycles. The summed E-state index contributed by atoms with van der Waals surface area (Å²) in [6, 6.07) is 7.69. The molecule has 1 aromatic rings. The van der Waals surface area contributed by atoms with Crippen LogP contribution in [0.25, 0.3) is 0 Å². The Morgan fingerprint density at radius 3 is 2.25 bits per heavy atom. The van der Waals surface area contributed by atoms with E-state index >= 15 is 0 Å². The highest BCUT2D eigenvalue weighted by Gasteiger charge is 2.47. The molecule has 0 unspecified atom stereocenters. The van der Waals surface area contributed by atoms with Gasteiger partial charge in [0.2, 0.25) is 0 Å². The van der Waals surface area contributed by atoms with Crippen molar-refractivity contribution < 1.29 is 31.6 Å². The number of halogens is 3. The molecule has 226 valence electrons. The standard InChI is InChI=1S/C31H49F3O4Si2/c1-10-15-26-27(29(21-28(26)35)38-39(8,9)30(5,6)7)19-18-25(37-40(11-2,12-3)13-4)22-36-24-17-14-16-23(20-24)31(32,33)34/h10,14,16-20,25-27,29H,1,11-13,15,21-22H2,2-9H3/t25-,26-,27-,29-/m1/s1. The van der Waals surface area contributed by atoms with E-state index < -0.39 is 34.5 Å². The number of hydrogen-bond donors (Lipinski definition) is 0. The smallest absolute Gasteiger partial charge is 0.416 e. The zero-order valence-electron chi connectivity index (χ0n) is 25.6. The summed E-state index contributed by atoms with van der Waals surface area (Å²) in [5.41, 5.74) is -0.750. The van der Waals surface area contributed by atoms with E-state index in [-0.39, 0.29) is 41.1 Å². The lowest BCUT2D eigenvalue weighted by molar-refractivity contribution is -0.137. The van der Waals surface area contributed by atoms with Crippen molar-refractivity contribution in [1.29, 1.82) is 0 Å². The number of benzene rings is 1. The van der Waals surface area contributed by atoms with Crippen LogP contribution in [0.2, 0.25) is 36.3 Å². The van der Waals surface area contributed by atoms with E-state index in [1.807, 2.05) is 12.2 Å². The zero-order valence-corrected chi connectivity index (χ0v) is 27.6. The molecule has 0 radical (unpaired) electrons. The van der Waals surface area contributed by atoms with Crippen molar-refractivity contribution in [2.24, 2.45) is 11.8 Å². The third-order valence-corrected chi connectivity index (χ3v) is 18.0. The predicted octanol–water partition coefficient (Wildman–Crippen LogP) is 9.20. The molecule has 9 heteroatoms. The molecule has 4 nitrogen and oxygen atoms in total. The van der Waals surface area contributed by atoms with Gasteiger partial charge in [0.05, 0.1) is 17.8 Å². The lowest BCUT2D eigenvalue weighted by Crippen LogP contribution is -2.45. The molecule has 1 saturated carbocycles. The molecule has 0 spiro atoms. The van der Waals surface area contributed by atoms with Gasteiger partial charge in [-0.15, -0.1) is 6.58 Å². The first-order valence-corrected chi connectivity index (χ1v) is 19.9. The normalized spacial score (nSPS) is 21.7. The third kappa shape index (κ3) is 8.90. The lowest BCUT2D eigenvalue weighted by Gasteiger charge is -2.39. The van der Waals surface area contributed by atoms with E-state index in [2.05, 4.69) is 61.2 Å². The van der Waals surface area contributed by atoms with Gasteiger partial charge in [-0.2, -0.15) is 13.2 Å². The first-order valence-electron chi connectivity index (χ1n) is 14.5. The van der Waals surface area contributed by atoms with Gasteiger partial charge in [0.1, 0.15) is 18.1 Å². The summed E-state index contributed by atoms with van der Waals surface area (Å²) < 4.78 is 59.1. The summed E-state index contributed by atoms with van der Waals surface area (Å²) in [4.78, 5) is 13.1. The Morgan fingerprint density at radius 2 is 1.73 bits per heavy atom. The van der Waals surface area contributed by atoms with Crippen molar-refractivity contribution in [3.8, 4) is 5.75 Å². The van der Waals surface area contributed by atoms with E-state index in [9.17, 15) is 18.0 Å². The Kier molecular flexibility index (Phi) is 12.1. The maximum Gasteiger partial charge on any atom is 0.416 e. The van der Waals surface area contributed by atoms with Crippen LogP contribution in [0.15, 0.2) is 49.1 Å². The second kappa shape index (κ2) is 14.0. The zero-order chi connectivity index (χ0) is 30.4. The molecule has 4 atom stereocenters. The van der Waals surface area contributed by atoms with Crippen LogP contribution in [0.1, 0.15) is 59.9 Å². The fourth-order valence-electron chi connectivity index (χ4n) is 5.00. The number of carbonyl (C=O) groups is 1. The fourth-order valence-corrected chi connectivity index (χ4v) is 9.14. The predicted molar refractivity (Wildman–Crippen MR) is 162 cm³/mol. The Bertz CT molecular complexity index is 1000. The highest BCUT2D eigenvalue weighted by molar-refractivity contribution is 6.74. The van der Waals surface area contributed by atoms with Crippen molar-refractivity contribution in [3.63, 3.8) is 0 Å². The molecule has 0 bridgehead atoms. The van der Waals surface area contributed by atoms with Crippen LogP contribution in [0.3, 0.4) is 0 Å². The number of ether oxygens (including phenoxy) is 1. The van der Waals surface area contributed by atoms with Gasteiger partial charge >= 0.3 is 6.18 Å². The Morgan fingerprint density at radius 1 is 1.10 bits per heavy atom. The van der Waals surface area contributed by atoms with Gasteiger partial charge in [-0.25, -0.2) is 0 Å². The second-order valence-electron chi connectivity index (χ2n) is 12.4. The summed E-state index contributed by atoms with van der Waals surface area (Å²) in [7, 11) is -4.22. The quantitative estimate of drug-likeness (QED) is 0.158. The minimum absolute atomic E-state index is 0.000145. The van der Waals surface area contributed by atoms with E-state index in [1.54, 1.807) is 6.08 Å². The van der Waals surface area contributed by atoms with Crippen LogP contribution < -0.4 is 4.74 Å². The Balaban J connectivity index is 2.39. The van der Waals surface area contributed by atoms with Crippen molar-refractivity contribution in [2.75, 3.05) is 6.61 Å². The second-order valence-corrected chi connectivity index (χ2v) is 21.9. The van der Waals surface area contributed by atoms with Gasteiger partial charge in [0.25, 0.3) is 0 Å². The molecule has 2 rings (SSSR count). The number of ketones is 1. The van der Waals surface area contributed by atoms with E-state index in [1.165, 1.54) is 12.1 Å². The third-order valence-electron chi connectivity index (χ3n) is 8.84. The molecular formula is C31H49F3O4Si2. The average molecular weight is 599 g/mol. The van der Waals surface area contributed by atoms with Crippen LogP contribution in [0, 0.1) is 11.8 Å². The van der Waals surface area contributed by atoms with Crippen molar-refractivity contribution in [3.05, 3.63) is 54.6 Å². The van der Waals surface area contributed by atoms with Crippen LogP contribution in [-0.2, 0) is 19.8 Å². The van der Waals surface area contributed by atoms with E-state index in [4.69, 9.17) is 13.6 Å². The number of allylic oxidation sites excluding steroid dienone is 1. The highest BCUT2D eigenvalue weighted by atomic mass is 28.4. The minimum Gasteiger partial charge on any atom is -0.491 e. The molecule has 1 aromatic carbocycles. The first kappa shape index (κ1) is 34.5. The van der Waals surface area contributed by atoms with E-state index in [0.717, 1.165) is 30.3 Å². The molecule has 0 heterocycles. The minimum atomic E-state index is -4.45. The summed E-state index contributed by atoms with van der Waals surface area (Å²) in [6.07, 6.45) is 1.57. The first-order chi connectivity index (χ1) is 18.5. The number of hydrogen-bond acceptors (Lipinski definition) is 4. The van der Waals surface area contributed by atoms with Gasteiger partial charge in [0.15, 0.2) is 16.6 Å². The van der Waals surface area contributed by atoms with Crippen LogP contribution in [0.4, 0.5) is 13.2 Å². The van der Waals surface area contributed by atoms with Gasteiger partial charge in [0, 0.05) is 18.3 Å². The van der Waals surface area contributed by atoms with Gasteiger partial charge < -0.3 is 13.6 Å². The van der Waals surface area contributed by atoms with Crippen LogP contribution in [-0.4, -0.2) is 41.2 Å². The van der Waals surface area contributed by atoms with Crippen molar-refractivity contribution >= 4 is 22.4 Å².